The molecule has 1 N–H and O–H groups in total. The van der Waals surface area contributed by atoms with Crippen molar-refractivity contribution < 1.29 is 9.18 Å². The van der Waals surface area contributed by atoms with Gasteiger partial charge in [-0.05, 0) is 57.6 Å². The highest BCUT2D eigenvalue weighted by atomic mass is 19.1. The quantitative estimate of drug-likeness (QED) is 0.810. The summed E-state index contributed by atoms with van der Waals surface area (Å²) in [7, 11) is 4.03. The molecule has 1 aromatic carbocycles. The topological polar surface area (TPSA) is 32.3 Å². The van der Waals surface area contributed by atoms with Gasteiger partial charge in [-0.2, -0.15) is 0 Å². The van der Waals surface area contributed by atoms with E-state index in [0.717, 1.165) is 37.8 Å². The van der Waals surface area contributed by atoms with Crippen molar-refractivity contribution in [1.29, 1.82) is 0 Å². The number of benzene rings is 1. The van der Waals surface area contributed by atoms with Gasteiger partial charge in [0, 0.05) is 6.54 Å². The van der Waals surface area contributed by atoms with Crippen LogP contribution in [-0.4, -0.2) is 38.0 Å². The first-order valence-electron chi connectivity index (χ1n) is 7.24. The van der Waals surface area contributed by atoms with Crippen LogP contribution < -0.4 is 5.32 Å². The van der Waals surface area contributed by atoms with Crippen LogP contribution in [0.1, 0.15) is 31.2 Å². The highest BCUT2D eigenvalue weighted by Gasteiger charge is 2.45. The molecule has 0 heterocycles. The van der Waals surface area contributed by atoms with Crippen LogP contribution in [0.3, 0.4) is 0 Å². The van der Waals surface area contributed by atoms with E-state index in [1.54, 1.807) is 6.07 Å². The van der Waals surface area contributed by atoms with Crippen molar-refractivity contribution in [2.24, 2.45) is 0 Å². The van der Waals surface area contributed by atoms with Crippen LogP contribution in [0.2, 0.25) is 0 Å². The maximum absolute atomic E-state index is 13.4. The molecule has 2 rings (SSSR count). The van der Waals surface area contributed by atoms with Gasteiger partial charge in [0.15, 0.2) is 0 Å². The molecule has 20 heavy (non-hydrogen) atoms. The number of rotatable bonds is 6. The SMILES string of the molecule is CN(C)CCCNC(=O)C1(c2cccc(F)c2)CCC1. The molecule has 4 heteroatoms. The van der Waals surface area contributed by atoms with Crippen molar-refractivity contribution in [3.8, 4) is 0 Å². The van der Waals surface area contributed by atoms with E-state index in [0.29, 0.717) is 6.54 Å². The monoisotopic (exact) mass is 278 g/mol. The summed E-state index contributed by atoms with van der Waals surface area (Å²) in [6.45, 7) is 1.63. The van der Waals surface area contributed by atoms with E-state index >= 15 is 0 Å². The summed E-state index contributed by atoms with van der Waals surface area (Å²) >= 11 is 0. The average molecular weight is 278 g/mol. The van der Waals surface area contributed by atoms with E-state index in [2.05, 4.69) is 10.2 Å². The fourth-order valence-corrected chi connectivity index (χ4v) is 2.73. The minimum absolute atomic E-state index is 0.0492. The lowest BCUT2D eigenvalue weighted by Crippen LogP contribution is -2.49. The predicted octanol–water partition coefficient (Wildman–Crippen LogP) is 2.32. The Kier molecular flexibility index (Phi) is 4.76. The van der Waals surface area contributed by atoms with Crippen LogP contribution in [-0.2, 0) is 10.2 Å². The standard InChI is InChI=1S/C16H23FN2O/c1-19(2)11-5-10-18-15(20)16(8-4-9-16)13-6-3-7-14(17)12-13/h3,6-7,12H,4-5,8-11H2,1-2H3,(H,18,20). The summed E-state index contributed by atoms with van der Waals surface area (Å²) in [6, 6.07) is 6.47. The lowest BCUT2D eigenvalue weighted by molar-refractivity contribution is -0.129. The first kappa shape index (κ1) is 15.0. The lowest BCUT2D eigenvalue weighted by Gasteiger charge is -2.40. The highest BCUT2D eigenvalue weighted by Crippen LogP contribution is 2.44. The maximum atomic E-state index is 13.4. The van der Waals surface area contributed by atoms with Crippen LogP contribution in [0.15, 0.2) is 24.3 Å². The van der Waals surface area contributed by atoms with Gasteiger partial charge in [0.05, 0.1) is 5.41 Å². The number of hydrogen-bond acceptors (Lipinski definition) is 2. The fourth-order valence-electron chi connectivity index (χ4n) is 2.73. The van der Waals surface area contributed by atoms with Gasteiger partial charge in [-0.25, -0.2) is 4.39 Å². The molecule has 1 aliphatic carbocycles. The molecule has 0 radical (unpaired) electrons. The third-order valence-electron chi connectivity index (χ3n) is 4.09. The second kappa shape index (κ2) is 6.35. The summed E-state index contributed by atoms with van der Waals surface area (Å²) in [5, 5.41) is 3.01. The van der Waals surface area contributed by atoms with Gasteiger partial charge in [0.25, 0.3) is 0 Å². The zero-order valence-corrected chi connectivity index (χ0v) is 12.3. The zero-order chi connectivity index (χ0) is 14.6. The second-order valence-corrected chi connectivity index (χ2v) is 5.86. The Balaban J connectivity index is 1.98. The number of carbonyl (C=O) groups is 1. The van der Waals surface area contributed by atoms with Crippen LogP contribution in [0.25, 0.3) is 0 Å². The Labute approximate surface area is 120 Å². The highest BCUT2D eigenvalue weighted by molar-refractivity contribution is 5.89. The van der Waals surface area contributed by atoms with Crippen LogP contribution in [0.5, 0.6) is 0 Å². The first-order chi connectivity index (χ1) is 9.54. The molecule has 1 aliphatic rings. The third kappa shape index (κ3) is 3.18. The van der Waals surface area contributed by atoms with Gasteiger partial charge in [-0.3, -0.25) is 4.79 Å². The van der Waals surface area contributed by atoms with E-state index in [1.807, 2.05) is 20.2 Å². The number of nitrogens with one attached hydrogen (secondary N) is 1. The molecule has 0 saturated heterocycles. The van der Waals surface area contributed by atoms with Gasteiger partial charge in [0.2, 0.25) is 5.91 Å². The number of halogens is 1. The molecule has 1 saturated carbocycles. The van der Waals surface area contributed by atoms with E-state index in [9.17, 15) is 9.18 Å². The molecule has 1 amide bonds. The lowest BCUT2D eigenvalue weighted by atomic mass is 9.64. The third-order valence-corrected chi connectivity index (χ3v) is 4.09. The molecule has 3 nitrogen and oxygen atoms in total. The Morgan fingerprint density at radius 1 is 1.40 bits per heavy atom. The molecule has 1 fully saturated rings. The first-order valence-corrected chi connectivity index (χ1v) is 7.24. The number of hydrogen-bond donors (Lipinski definition) is 1. The molecule has 0 spiro atoms. The zero-order valence-electron chi connectivity index (χ0n) is 12.3. The molecule has 0 bridgehead atoms. The molecular formula is C16H23FN2O. The van der Waals surface area contributed by atoms with Crippen LogP contribution >= 0.6 is 0 Å². The number of carbonyl (C=O) groups excluding carboxylic acids is 1. The van der Waals surface area contributed by atoms with E-state index < -0.39 is 5.41 Å². The van der Waals surface area contributed by atoms with E-state index in [4.69, 9.17) is 0 Å². The van der Waals surface area contributed by atoms with E-state index in [1.165, 1.54) is 12.1 Å². The summed E-state index contributed by atoms with van der Waals surface area (Å²) in [5.41, 5.74) is 0.314. The van der Waals surface area contributed by atoms with Gasteiger partial charge in [0.1, 0.15) is 5.82 Å². The fraction of sp³-hybridized carbons (Fsp3) is 0.562. The van der Waals surface area contributed by atoms with Crippen molar-refractivity contribution in [3.05, 3.63) is 35.6 Å². The largest absolute Gasteiger partial charge is 0.355 e. The predicted molar refractivity (Wildman–Crippen MR) is 78.1 cm³/mol. The van der Waals surface area contributed by atoms with Crippen molar-refractivity contribution in [2.75, 3.05) is 27.2 Å². The Hall–Kier alpha value is -1.42. The smallest absolute Gasteiger partial charge is 0.230 e. The van der Waals surface area contributed by atoms with Crippen molar-refractivity contribution >= 4 is 5.91 Å². The Morgan fingerprint density at radius 2 is 2.15 bits per heavy atom. The van der Waals surface area contributed by atoms with E-state index in [-0.39, 0.29) is 11.7 Å². The normalized spacial score (nSPS) is 16.8. The van der Waals surface area contributed by atoms with Gasteiger partial charge < -0.3 is 10.2 Å². The number of amides is 1. The van der Waals surface area contributed by atoms with Crippen LogP contribution in [0.4, 0.5) is 4.39 Å². The van der Waals surface area contributed by atoms with Crippen LogP contribution in [0, 0.1) is 5.82 Å². The van der Waals surface area contributed by atoms with Crippen molar-refractivity contribution in [2.45, 2.75) is 31.1 Å². The molecule has 110 valence electrons. The van der Waals surface area contributed by atoms with Crippen molar-refractivity contribution in [1.82, 2.24) is 10.2 Å². The number of nitrogens with zero attached hydrogens (tertiary/aromatic N) is 1. The summed E-state index contributed by atoms with van der Waals surface area (Å²) in [6.07, 6.45) is 3.59. The Morgan fingerprint density at radius 3 is 2.70 bits per heavy atom. The molecule has 0 unspecified atom stereocenters. The van der Waals surface area contributed by atoms with Gasteiger partial charge >= 0.3 is 0 Å². The van der Waals surface area contributed by atoms with Crippen molar-refractivity contribution in [3.63, 3.8) is 0 Å². The summed E-state index contributed by atoms with van der Waals surface area (Å²) in [5.74, 6) is -0.220. The molecule has 0 atom stereocenters. The summed E-state index contributed by atoms with van der Waals surface area (Å²) < 4.78 is 13.4. The molecule has 0 aliphatic heterocycles. The Bertz CT molecular complexity index is 469. The van der Waals surface area contributed by atoms with Gasteiger partial charge in [-0.1, -0.05) is 18.6 Å². The maximum Gasteiger partial charge on any atom is 0.230 e. The molecular weight excluding hydrogens is 255 g/mol. The minimum atomic E-state index is -0.500. The van der Waals surface area contributed by atoms with Gasteiger partial charge in [-0.15, -0.1) is 0 Å². The molecule has 0 aromatic heterocycles. The minimum Gasteiger partial charge on any atom is -0.355 e. The molecule has 1 aromatic rings. The second-order valence-electron chi connectivity index (χ2n) is 5.86. The summed E-state index contributed by atoms with van der Waals surface area (Å²) in [4.78, 5) is 14.6. The average Bonchev–Trinajstić information content (AvgIpc) is 2.33.